The van der Waals surface area contributed by atoms with Crippen molar-refractivity contribution in [1.29, 1.82) is 0 Å². The molecular weight excluding hydrogens is 509 g/mol. The molecule has 9 heteroatoms. The van der Waals surface area contributed by atoms with Crippen LogP contribution in [0, 0.1) is 5.92 Å². The number of imidazole rings is 1. The fourth-order valence-corrected chi connectivity index (χ4v) is 5.28. The predicted octanol–water partition coefficient (Wildman–Crippen LogP) is 5.49. The zero-order valence-corrected chi connectivity index (χ0v) is 23.8. The number of phenolic OH excluding ortho intramolecular Hbond substituents is 1. The van der Waals surface area contributed by atoms with E-state index in [1.807, 2.05) is 18.2 Å². The summed E-state index contributed by atoms with van der Waals surface area (Å²) >= 11 is 6.07. The van der Waals surface area contributed by atoms with Crippen LogP contribution >= 0.6 is 24.0 Å². The number of aromatic amines is 1. The molecule has 1 aromatic carbocycles. The second kappa shape index (κ2) is 13.1. The zero-order valence-electron chi connectivity index (χ0n) is 22.2. The Morgan fingerprint density at radius 3 is 2.51 bits per heavy atom. The molecule has 202 valence electrons. The Morgan fingerprint density at radius 1 is 1.16 bits per heavy atom. The number of piperidine rings is 1. The molecule has 1 fully saturated rings. The summed E-state index contributed by atoms with van der Waals surface area (Å²) < 4.78 is 5.23. The van der Waals surface area contributed by atoms with Crippen molar-refractivity contribution in [2.75, 3.05) is 53.5 Å². The maximum atomic E-state index is 10.2. The number of likely N-dealkylation sites (tertiary alicyclic amines) is 1. The molecule has 37 heavy (non-hydrogen) atoms. The van der Waals surface area contributed by atoms with Crippen LogP contribution in [-0.4, -0.2) is 83.3 Å². The first kappa shape index (κ1) is 29.4. The Balaban J connectivity index is 0.00000380. The first-order valence-corrected chi connectivity index (χ1v) is 13.0. The molecule has 0 saturated carbocycles. The maximum absolute atomic E-state index is 10.2. The van der Waals surface area contributed by atoms with Crippen molar-refractivity contribution in [2.45, 2.75) is 32.1 Å². The van der Waals surface area contributed by atoms with Crippen molar-refractivity contribution in [3.8, 4) is 28.3 Å². The van der Waals surface area contributed by atoms with Crippen molar-refractivity contribution in [2.24, 2.45) is 5.92 Å². The third-order valence-electron chi connectivity index (χ3n) is 7.09. The fraction of sp³-hybridized carbons (Fsp3) is 0.500. The van der Waals surface area contributed by atoms with Gasteiger partial charge < -0.3 is 24.6 Å². The molecule has 4 rings (SSSR count). The second-order valence-electron chi connectivity index (χ2n) is 10.6. The van der Waals surface area contributed by atoms with Crippen LogP contribution in [0.2, 0.25) is 5.02 Å². The third kappa shape index (κ3) is 7.45. The molecule has 1 aliphatic rings. The normalized spacial score (nSPS) is 15.2. The van der Waals surface area contributed by atoms with Crippen LogP contribution in [0.15, 0.2) is 42.7 Å². The van der Waals surface area contributed by atoms with Gasteiger partial charge in [0.05, 0.1) is 23.0 Å². The Morgan fingerprint density at radius 2 is 1.86 bits per heavy atom. The molecule has 0 aliphatic carbocycles. The van der Waals surface area contributed by atoms with E-state index in [0.717, 1.165) is 67.7 Å². The van der Waals surface area contributed by atoms with E-state index >= 15 is 0 Å². The highest BCUT2D eigenvalue weighted by atomic mass is 35.5. The van der Waals surface area contributed by atoms with Gasteiger partial charge >= 0.3 is 0 Å². The number of nitrogens with one attached hydrogen (secondary N) is 1. The van der Waals surface area contributed by atoms with E-state index in [9.17, 15) is 5.11 Å². The summed E-state index contributed by atoms with van der Waals surface area (Å²) in [7, 11) is 3.98. The summed E-state index contributed by atoms with van der Waals surface area (Å²) in [6.07, 6.45) is 6.01. The van der Waals surface area contributed by atoms with Crippen LogP contribution in [0.3, 0.4) is 0 Å². The van der Waals surface area contributed by atoms with Crippen LogP contribution in [0.1, 0.15) is 32.5 Å². The Labute approximate surface area is 231 Å². The number of aromatic nitrogens is 3. The van der Waals surface area contributed by atoms with Crippen molar-refractivity contribution in [3.05, 3.63) is 53.6 Å². The van der Waals surface area contributed by atoms with E-state index in [1.54, 1.807) is 31.6 Å². The smallest absolute Gasteiger partial charge is 0.134 e. The summed E-state index contributed by atoms with van der Waals surface area (Å²) in [6, 6.07) is 9.20. The molecule has 3 aromatic rings. The minimum absolute atomic E-state index is 0. The van der Waals surface area contributed by atoms with Gasteiger partial charge in [0.25, 0.3) is 0 Å². The van der Waals surface area contributed by atoms with Gasteiger partial charge in [0.15, 0.2) is 0 Å². The number of benzene rings is 1. The van der Waals surface area contributed by atoms with Gasteiger partial charge in [-0.25, -0.2) is 4.98 Å². The van der Waals surface area contributed by atoms with Crippen molar-refractivity contribution >= 4 is 24.0 Å². The number of halogens is 2. The molecule has 0 amide bonds. The molecule has 2 N–H and O–H groups in total. The fourth-order valence-electron chi connectivity index (χ4n) is 5.16. The number of aromatic hydroxyl groups is 1. The van der Waals surface area contributed by atoms with Crippen molar-refractivity contribution < 1.29 is 9.84 Å². The molecule has 0 atom stereocenters. The molecule has 1 saturated heterocycles. The Bertz CT molecular complexity index is 1130. The number of ether oxygens (including phenoxy) is 1. The molecule has 0 spiro atoms. The van der Waals surface area contributed by atoms with Crippen LogP contribution < -0.4 is 0 Å². The third-order valence-corrected chi connectivity index (χ3v) is 7.41. The lowest BCUT2D eigenvalue weighted by atomic mass is 9.90. The molecular formula is C28H39Cl2N5O2. The Kier molecular flexibility index (Phi) is 10.4. The quantitative estimate of drug-likeness (QED) is 0.349. The van der Waals surface area contributed by atoms with Gasteiger partial charge in [0, 0.05) is 55.7 Å². The number of phenols is 1. The topological polar surface area (TPSA) is 77.5 Å². The number of rotatable bonds is 10. The van der Waals surface area contributed by atoms with Gasteiger partial charge in [-0.3, -0.25) is 4.98 Å². The lowest BCUT2D eigenvalue weighted by Gasteiger charge is -2.35. The number of likely N-dealkylation sites (N-methyl/N-ethyl adjacent to an activating group) is 1. The van der Waals surface area contributed by atoms with Gasteiger partial charge in [0.1, 0.15) is 11.6 Å². The first-order chi connectivity index (χ1) is 17.3. The number of hydrogen-bond donors (Lipinski definition) is 2. The molecule has 1 aliphatic heterocycles. The van der Waals surface area contributed by atoms with E-state index in [2.05, 4.69) is 40.7 Å². The average molecular weight is 549 g/mol. The number of pyridine rings is 1. The second-order valence-corrected chi connectivity index (χ2v) is 11.0. The van der Waals surface area contributed by atoms with Gasteiger partial charge in [-0.05, 0) is 63.2 Å². The van der Waals surface area contributed by atoms with Crippen LogP contribution in [0.5, 0.6) is 5.75 Å². The first-order valence-electron chi connectivity index (χ1n) is 12.7. The van der Waals surface area contributed by atoms with E-state index in [4.69, 9.17) is 21.3 Å². The number of H-pyrrole nitrogens is 1. The molecule has 2 aromatic heterocycles. The monoisotopic (exact) mass is 547 g/mol. The summed E-state index contributed by atoms with van der Waals surface area (Å²) in [6.45, 7) is 10.6. The largest absolute Gasteiger partial charge is 0.506 e. The molecule has 3 heterocycles. The summed E-state index contributed by atoms with van der Waals surface area (Å²) in [5.41, 5.74) is 3.31. The lowest BCUT2D eigenvalue weighted by molar-refractivity contribution is 0.107. The minimum Gasteiger partial charge on any atom is -0.506 e. The van der Waals surface area contributed by atoms with Crippen molar-refractivity contribution in [1.82, 2.24) is 24.8 Å². The predicted molar refractivity (Wildman–Crippen MR) is 153 cm³/mol. The van der Waals surface area contributed by atoms with E-state index in [-0.39, 0.29) is 23.6 Å². The highest BCUT2D eigenvalue weighted by molar-refractivity contribution is 6.32. The number of methoxy groups -OCH3 is 1. The van der Waals surface area contributed by atoms with Crippen LogP contribution in [-0.2, 0) is 10.2 Å². The SMILES string of the molecule is COCCN1CCC(CN(C)CC(C)(C)c2nc(-c3ccc(Cl)c(O)c3)c(-c3ccncc3)[nH]2)CC1.Cl. The van der Waals surface area contributed by atoms with Gasteiger partial charge in [-0.2, -0.15) is 0 Å². The van der Waals surface area contributed by atoms with Crippen molar-refractivity contribution in [3.63, 3.8) is 0 Å². The van der Waals surface area contributed by atoms with E-state index in [0.29, 0.717) is 10.9 Å². The molecule has 0 radical (unpaired) electrons. The number of hydrogen-bond acceptors (Lipinski definition) is 6. The minimum atomic E-state index is -0.206. The molecule has 7 nitrogen and oxygen atoms in total. The maximum Gasteiger partial charge on any atom is 0.134 e. The van der Waals surface area contributed by atoms with Crippen LogP contribution in [0.25, 0.3) is 22.5 Å². The summed E-state index contributed by atoms with van der Waals surface area (Å²) in [4.78, 5) is 17.8. The summed E-state index contributed by atoms with van der Waals surface area (Å²) in [5, 5.41) is 10.6. The van der Waals surface area contributed by atoms with Gasteiger partial charge in [-0.1, -0.05) is 31.5 Å². The average Bonchev–Trinajstić information content (AvgIpc) is 3.32. The highest BCUT2D eigenvalue weighted by Gasteiger charge is 2.30. The molecule has 0 bridgehead atoms. The van der Waals surface area contributed by atoms with Gasteiger partial charge in [0.2, 0.25) is 0 Å². The Hall–Kier alpha value is -2.16. The van der Waals surface area contributed by atoms with Gasteiger partial charge in [-0.15, -0.1) is 12.4 Å². The lowest BCUT2D eigenvalue weighted by Crippen LogP contribution is -2.42. The van der Waals surface area contributed by atoms with E-state index < -0.39 is 0 Å². The molecule has 0 unspecified atom stereocenters. The van der Waals surface area contributed by atoms with E-state index in [1.165, 1.54) is 12.8 Å². The number of nitrogens with zero attached hydrogens (tertiary/aromatic N) is 4. The summed E-state index contributed by atoms with van der Waals surface area (Å²) in [5.74, 6) is 1.67. The highest BCUT2D eigenvalue weighted by Crippen LogP contribution is 2.36. The standard InChI is InChI=1S/C28H38ClN5O2.ClH/c1-28(2,19-33(3)18-20-9-13-34(14-10-20)15-16-36-4)27-31-25(21-7-11-30-12-8-21)26(32-27)22-5-6-23(29)24(35)17-22;/h5-8,11-12,17,20,35H,9-10,13-16,18-19H2,1-4H3,(H,31,32);1H. The van der Waals surface area contributed by atoms with Crippen LogP contribution in [0.4, 0.5) is 0 Å². The zero-order chi connectivity index (χ0) is 25.7.